The number of hydrogen-bond acceptors (Lipinski definition) is 5. The predicted octanol–water partition coefficient (Wildman–Crippen LogP) is 3.92. The number of hydrogen-bond donors (Lipinski definition) is 2. The van der Waals surface area contributed by atoms with Gasteiger partial charge in [0.15, 0.2) is 0 Å². The van der Waals surface area contributed by atoms with Gasteiger partial charge in [-0.05, 0) is 49.7 Å². The Hall–Kier alpha value is -3.29. The fourth-order valence-corrected chi connectivity index (χ4v) is 4.00. The quantitative estimate of drug-likeness (QED) is 0.619. The molecule has 0 radical (unpaired) electrons. The fraction of sp³-hybridized carbons (Fsp3) is 0.304. The number of anilines is 2. The highest BCUT2D eigenvalue weighted by atomic mass is 32.1. The molecule has 1 aromatic heterocycles. The van der Waals surface area contributed by atoms with Gasteiger partial charge in [-0.15, -0.1) is 17.8 Å². The summed E-state index contributed by atoms with van der Waals surface area (Å²) >= 11 is 1.09. The van der Waals surface area contributed by atoms with Crippen LogP contribution in [0.4, 0.5) is 24.5 Å². The number of carbonyl (C=O) groups is 2. The Morgan fingerprint density at radius 3 is 2.61 bits per heavy atom. The summed E-state index contributed by atoms with van der Waals surface area (Å²) in [6, 6.07) is 7.67. The molecule has 1 unspecified atom stereocenters. The number of aryl methyl sites for hydroxylation is 1. The minimum absolute atomic E-state index is 0.0372. The summed E-state index contributed by atoms with van der Waals surface area (Å²) in [4.78, 5) is 27.3. The van der Waals surface area contributed by atoms with E-state index in [1.54, 1.807) is 30.0 Å². The van der Waals surface area contributed by atoms with E-state index in [0.29, 0.717) is 34.2 Å². The number of nitrogens with one attached hydrogen (secondary N) is 2. The van der Waals surface area contributed by atoms with Gasteiger partial charge in [-0.25, -0.2) is 0 Å². The topological polar surface area (TPSA) is 70.7 Å². The van der Waals surface area contributed by atoms with Crippen molar-refractivity contribution >= 4 is 40.2 Å². The van der Waals surface area contributed by atoms with Crippen molar-refractivity contribution in [1.82, 2.24) is 5.32 Å². The Labute approximate surface area is 193 Å². The molecule has 3 rings (SSSR count). The lowest BCUT2D eigenvalue weighted by Crippen LogP contribution is -2.61. The number of halogens is 3. The van der Waals surface area contributed by atoms with Gasteiger partial charge in [-0.2, -0.15) is 13.2 Å². The molecule has 1 aliphatic heterocycles. The van der Waals surface area contributed by atoms with E-state index in [0.717, 1.165) is 18.3 Å². The van der Waals surface area contributed by atoms with Crippen LogP contribution in [-0.4, -0.2) is 43.3 Å². The third-order valence-electron chi connectivity index (χ3n) is 5.20. The van der Waals surface area contributed by atoms with Gasteiger partial charge in [0.05, 0.1) is 16.4 Å². The molecule has 1 aliphatic rings. The normalized spacial score (nSPS) is 16.0. The van der Waals surface area contributed by atoms with Crippen LogP contribution < -0.4 is 15.5 Å². The van der Waals surface area contributed by atoms with E-state index in [4.69, 9.17) is 11.2 Å². The molecule has 0 bridgehead atoms. The van der Waals surface area contributed by atoms with Crippen LogP contribution in [-0.2, 0) is 14.3 Å². The maximum absolute atomic E-state index is 14.0. The third-order valence-corrected chi connectivity index (χ3v) is 6.28. The van der Waals surface area contributed by atoms with Gasteiger partial charge < -0.3 is 20.3 Å². The number of rotatable bonds is 6. The Balaban J connectivity index is 1.81. The highest BCUT2D eigenvalue weighted by Gasteiger charge is 2.57. The van der Waals surface area contributed by atoms with E-state index in [9.17, 15) is 22.8 Å². The van der Waals surface area contributed by atoms with E-state index in [2.05, 4.69) is 23.1 Å². The minimum Gasteiger partial charge on any atom is -0.370 e. The lowest BCUT2D eigenvalue weighted by molar-refractivity contribution is -0.189. The lowest BCUT2D eigenvalue weighted by atomic mass is 9.99. The van der Waals surface area contributed by atoms with E-state index >= 15 is 0 Å². The molecule has 0 saturated carbocycles. The number of morpholine rings is 1. The summed E-state index contributed by atoms with van der Waals surface area (Å²) < 4.78 is 47.1. The van der Waals surface area contributed by atoms with Crippen LogP contribution in [0.15, 0.2) is 36.9 Å². The van der Waals surface area contributed by atoms with Crippen LogP contribution in [0.5, 0.6) is 0 Å². The fourth-order valence-electron chi connectivity index (χ4n) is 3.26. The molecule has 1 atom stereocenters. The molecule has 0 aliphatic carbocycles. The zero-order valence-electron chi connectivity index (χ0n) is 18.0. The number of amides is 2. The molecule has 174 valence electrons. The SMILES string of the molecule is C#Cc1ccc(C(=C)NC(C)(C(=O)Nc2ccc(N3CCOCC3=O)c(C)c2)C(F)(F)F)s1. The van der Waals surface area contributed by atoms with Crippen LogP contribution >= 0.6 is 11.3 Å². The van der Waals surface area contributed by atoms with Gasteiger partial charge in [0.25, 0.3) is 11.8 Å². The number of nitrogens with zero attached hydrogens (tertiary/aromatic N) is 1. The van der Waals surface area contributed by atoms with Crippen LogP contribution in [0.25, 0.3) is 5.70 Å². The van der Waals surface area contributed by atoms with Gasteiger partial charge in [0.1, 0.15) is 6.61 Å². The zero-order chi connectivity index (χ0) is 24.4. The van der Waals surface area contributed by atoms with Crippen molar-refractivity contribution in [3.05, 3.63) is 52.2 Å². The maximum atomic E-state index is 14.0. The maximum Gasteiger partial charge on any atom is 0.420 e. The number of ether oxygens (including phenoxy) is 1. The van der Waals surface area contributed by atoms with E-state index in [-0.39, 0.29) is 23.9 Å². The van der Waals surface area contributed by atoms with Crippen LogP contribution in [0.2, 0.25) is 0 Å². The first-order chi connectivity index (χ1) is 15.5. The van der Waals surface area contributed by atoms with Crippen molar-refractivity contribution in [2.45, 2.75) is 25.6 Å². The van der Waals surface area contributed by atoms with Crippen molar-refractivity contribution in [2.75, 3.05) is 30.0 Å². The molecule has 10 heteroatoms. The number of benzene rings is 1. The molecule has 1 fully saturated rings. The summed E-state index contributed by atoms with van der Waals surface area (Å²) in [6.45, 7) is 6.82. The predicted molar refractivity (Wildman–Crippen MR) is 122 cm³/mol. The van der Waals surface area contributed by atoms with E-state index < -0.39 is 17.6 Å². The van der Waals surface area contributed by atoms with Crippen molar-refractivity contribution in [3.63, 3.8) is 0 Å². The number of carbonyl (C=O) groups excluding carboxylic acids is 2. The Kier molecular flexibility index (Phi) is 6.86. The molecule has 33 heavy (non-hydrogen) atoms. The summed E-state index contributed by atoms with van der Waals surface area (Å²) in [5, 5.41) is 4.56. The average Bonchev–Trinajstić information content (AvgIpc) is 3.23. The highest BCUT2D eigenvalue weighted by molar-refractivity contribution is 7.13. The largest absolute Gasteiger partial charge is 0.420 e. The second-order valence-corrected chi connectivity index (χ2v) is 8.67. The van der Waals surface area contributed by atoms with Crippen molar-refractivity contribution in [1.29, 1.82) is 0 Å². The van der Waals surface area contributed by atoms with Gasteiger partial charge >= 0.3 is 6.18 Å². The Bertz CT molecular complexity index is 1140. The first kappa shape index (κ1) is 24.4. The molecule has 1 saturated heterocycles. The summed E-state index contributed by atoms with van der Waals surface area (Å²) in [7, 11) is 0. The molecular formula is C23H22F3N3O3S. The van der Waals surface area contributed by atoms with Crippen LogP contribution in [0.1, 0.15) is 22.2 Å². The Morgan fingerprint density at radius 2 is 2.03 bits per heavy atom. The molecule has 2 N–H and O–H groups in total. The number of thiophene rings is 1. The second kappa shape index (κ2) is 9.29. The van der Waals surface area contributed by atoms with Crippen molar-refractivity contribution in [3.8, 4) is 12.3 Å². The summed E-state index contributed by atoms with van der Waals surface area (Å²) in [5.41, 5.74) is -1.65. The van der Waals surface area contributed by atoms with Gasteiger partial charge in [-0.1, -0.05) is 12.5 Å². The molecule has 2 aromatic rings. The lowest BCUT2D eigenvalue weighted by Gasteiger charge is -2.33. The molecule has 2 heterocycles. The zero-order valence-corrected chi connectivity index (χ0v) is 18.8. The Morgan fingerprint density at radius 1 is 1.30 bits per heavy atom. The van der Waals surface area contributed by atoms with Crippen LogP contribution in [0.3, 0.4) is 0 Å². The molecule has 1 aromatic carbocycles. The smallest absolute Gasteiger partial charge is 0.370 e. The third kappa shape index (κ3) is 5.05. The summed E-state index contributed by atoms with van der Waals surface area (Å²) in [5.74, 6) is 0.885. The molecule has 2 amide bonds. The minimum atomic E-state index is -4.93. The second-order valence-electron chi connectivity index (χ2n) is 7.59. The van der Waals surface area contributed by atoms with Crippen molar-refractivity contribution < 1.29 is 27.5 Å². The molecular weight excluding hydrogens is 455 g/mol. The first-order valence-corrected chi connectivity index (χ1v) is 10.7. The molecule has 6 nitrogen and oxygen atoms in total. The standard InChI is InChI=1S/C23H22F3N3O3S/c1-5-17-7-9-19(33-17)15(3)28-22(4,23(24,25)26)21(31)27-16-6-8-18(14(2)12-16)29-10-11-32-13-20(29)30/h1,6-9,12,28H,3,10-11,13H2,2,4H3,(H,27,31). The number of terminal acetylenes is 1. The highest BCUT2D eigenvalue weighted by Crippen LogP contribution is 2.35. The monoisotopic (exact) mass is 477 g/mol. The molecule has 0 spiro atoms. The summed E-state index contributed by atoms with van der Waals surface area (Å²) in [6.07, 6.45) is 0.381. The van der Waals surface area contributed by atoms with E-state index in [1.807, 2.05) is 0 Å². The van der Waals surface area contributed by atoms with Gasteiger partial charge in [-0.3, -0.25) is 9.59 Å². The average molecular weight is 478 g/mol. The van der Waals surface area contributed by atoms with E-state index in [1.165, 1.54) is 12.1 Å². The van der Waals surface area contributed by atoms with Gasteiger partial charge in [0.2, 0.25) is 5.54 Å². The first-order valence-electron chi connectivity index (χ1n) is 9.87. The number of alkyl halides is 3. The van der Waals surface area contributed by atoms with Crippen molar-refractivity contribution in [2.24, 2.45) is 0 Å². The van der Waals surface area contributed by atoms with Crippen LogP contribution in [0, 0.1) is 19.3 Å². The van der Waals surface area contributed by atoms with Gasteiger partial charge in [0, 0.05) is 23.6 Å².